The van der Waals surface area contributed by atoms with E-state index in [4.69, 9.17) is 16.2 Å². The fraction of sp³-hybridized carbons (Fsp3) is 0.188. The van der Waals surface area contributed by atoms with Gasteiger partial charge in [-0.15, -0.1) is 0 Å². The Hall–Kier alpha value is -2.69. The first-order valence-electron chi connectivity index (χ1n) is 6.61. The topological polar surface area (TPSA) is 90.4 Å². The van der Waals surface area contributed by atoms with E-state index >= 15 is 0 Å². The number of carbonyl (C=O) groups excluding carboxylic acids is 1. The Labute approximate surface area is 123 Å². The van der Waals surface area contributed by atoms with Crippen LogP contribution in [0.2, 0.25) is 0 Å². The minimum atomic E-state index is -0.226. The van der Waals surface area contributed by atoms with Gasteiger partial charge in [-0.3, -0.25) is 4.79 Å². The standard InChI is InChI=1S/C16H19N3O2/c1-10(11-3-6-13(21-2)7-4-11)19-16(20)14-8-5-12(17)9-15(14)18/h3-10H,17-18H2,1-2H3,(H,19,20). The Bertz CT molecular complexity index is 638. The Kier molecular flexibility index (Phi) is 4.33. The maximum absolute atomic E-state index is 12.2. The van der Waals surface area contributed by atoms with Crippen molar-refractivity contribution in [2.24, 2.45) is 0 Å². The zero-order valence-corrected chi connectivity index (χ0v) is 12.1. The van der Waals surface area contributed by atoms with Crippen molar-refractivity contribution in [2.75, 3.05) is 18.6 Å². The molecule has 0 aliphatic rings. The van der Waals surface area contributed by atoms with Gasteiger partial charge in [-0.2, -0.15) is 0 Å². The minimum absolute atomic E-state index is 0.139. The number of hydrogen-bond acceptors (Lipinski definition) is 4. The molecule has 5 heteroatoms. The van der Waals surface area contributed by atoms with Crippen LogP contribution in [0, 0.1) is 0 Å². The number of nitrogens with two attached hydrogens (primary N) is 2. The summed E-state index contributed by atoms with van der Waals surface area (Å²) in [6.07, 6.45) is 0. The van der Waals surface area contributed by atoms with Gasteiger partial charge in [0.2, 0.25) is 0 Å². The molecule has 0 saturated carbocycles. The van der Waals surface area contributed by atoms with E-state index in [2.05, 4.69) is 5.32 Å². The van der Waals surface area contributed by atoms with Crippen LogP contribution in [0.15, 0.2) is 42.5 Å². The van der Waals surface area contributed by atoms with Crippen molar-refractivity contribution < 1.29 is 9.53 Å². The fourth-order valence-electron chi connectivity index (χ4n) is 2.04. The third-order valence-corrected chi connectivity index (χ3v) is 3.28. The number of carbonyl (C=O) groups is 1. The largest absolute Gasteiger partial charge is 0.497 e. The third-order valence-electron chi connectivity index (χ3n) is 3.28. The molecule has 2 aromatic carbocycles. The predicted molar refractivity (Wildman–Crippen MR) is 84.1 cm³/mol. The molecule has 0 bridgehead atoms. The lowest BCUT2D eigenvalue weighted by molar-refractivity contribution is 0.0941. The second-order valence-corrected chi connectivity index (χ2v) is 4.81. The number of hydrogen-bond donors (Lipinski definition) is 3. The van der Waals surface area contributed by atoms with Crippen LogP contribution in [0.1, 0.15) is 28.9 Å². The van der Waals surface area contributed by atoms with E-state index in [1.54, 1.807) is 25.3 Å². The van der Waals surface area contributed by atoms with Gasteiger partial charge in [-0.1, -0.05) is 12.1 Å². The smallest absolute Gasteiger partial charge is 0.253 e. The highest BCUT2D eigenvalue weighted by molar-refractivity contribution is 5.99. The maximum Gasteiger partial charge on any atom is 0.253 e. The molecule has 1 amide bonds. The number of ether oxygens (including phenoxy) is 1. The zero-order valence-electron chi connectivity index (χ0n) is 12.1. The molecule has 0 fully saturated rings. The van der Waals surface area contributed by atoms with Gasteiger partial charge >= 0.3 is 0 Å². The normalized spacial score (nSPS) is 11.7. The van der Waals surface area contributed by atoms with E-state index in [1.807, 2.05) is 31.2 Å². The predicted octanol–water partition coefficient (Wildman–Crippen LogP) is 2.35. The second kappa shape index (κ2) is 6.17. The van der Waals surface area contributed by atoms with Gasteiger partial charge in [0.15, 0.2) is 0 Å². The lowest BCUT2D eigenvalue weighted by Gasteiger charge is -2.15. The molecular formula is C16H19N3O2. The van der Waals surface area contributed by atoms with Gasteiger partial charge in [0.1, 0.15) is 5.75 Å². The van der Waals surface area contributed by atoms with E-state index in [0.717, 1.165) is 11.3 Å². The van der Waals surface area contributed by atoms with Gasteiger partial charge < -0.3 is 21.5 Å². The van der Waals surface area contributed by atoms with Crippen molar-refractivity contribution in [2.45, 2.75) is 13.0 Å². The quantitative estimate of drug-likeness (QED) is 0.752. The van der Waals surface area contributed by atoms with Gasteiger partial charge in [0.05, 0.1) is 18.7 Å². The van der Waals surface area contributed by atoms with Gasteiger partial charge in [-0.25, -0.2) is 0 Å². The second-order valence-electron chi connectivity index (χ2n) is 4.81. The van der Waals surface area contributed by atoms with E-state index in [0.29, 0.717) is 16.9 Å². The summed E-state index contributed by atoms with van der Waals surface area (Å²) in [5.74, 6) is 0.552. The van der Waals surface area contributed by atoms with Crippen molar-refractivity contribution in [1.82, 2.24) is 5.32 Å². The summed E-state index contributed by atoms with van der Waals surface area (Å²) in [6.45, 7) is 1.91. The molecule has 0 aliphatic heterocycles. The van der Waals surface area contributed by atoms with E-state index in [9.17, 15) is 4.79 Å². The van der Waals surface area contributed by atoms with Crippen LogP contribution in [-0.2, 0) is 0 Å². The summed E-state index contributed by atoms with van der Waals surface area (Å²) in [7, 11) is 1.62. The summed E-state index contributed by atoms with van der Waals surface area (Å²) in [4.78, 5) is 12.2. The zero-order chi connectivity index (χ0) is 15.4. The number of nitrogens with one attached hydrogen (secondary N) is 1. The first kappa shape index (κ1) is 14.7. The van der Waals surface area contributed by atoms with Crippen molar-refractivity contribution in [1.29, 1.82) is 0 Å². The molecule has 21 heavy (non-hydrogen) atoms. The number of rotatable bonds is 4. The lowest BCUT2D eigenvalue weighted by Crippen LogP contribution is -2.27. The Morgan fingerprint density at radius 1 is 1.14 bits per heavy atom. The average Bonchev–Trinajstić information content (AvgIpc) is 2.47. The summed E-state index contributed by atoms with van der Waals surface area (Å²) >= 11 is 0. The molecule has 5 N–H and O–H groups in total. The number of amides is 1. The molecule has 110 valence electrons. The highest BCUT2D eigenvalue weighted by atomic mass is 16.5. The molecule has 0 heterocycles. The van der Waals surface area contributed by atoms with Crippen molar-refractivity contribution in [3.63, 3.8) is 0 Å². The van der Waals surface area contributed by atoms with Gasteiger partial charge in [0, 0.05) is 11.4 Å². The van der Waals surface area contributed by atoms with Crippen LogP contribution < -0.4 is 21.5 Å². The summed E-state index contributed by atoms with van der Waals surface area (Å²) in [5.41, 5.74) is 13.8. The monoisotopic (exact) mass is 285 g/mol. The summed E-state index contributed by atoms with van der Waals surface area (Å²) < 4.78 is 5.11. The maximum atomic E-state index is 12.2. The molecule has 5 nitrogen and oxygen atoms in total. The molecule has 0 aliphatic carbocycles. The first-order chi connectivity index (χ1) is 10.0. The Morgan fingerprint density at radius 2 is 1.81 bits per heavy atom. The van der Waals surface area contributed by atoms with Crippen LogP contribution in [0.5, 0.6) is 5.75 Å². The van der Waals surface area contributed by atoms with Crippen molar-refractivity contribution >= 4 is 17.3 Å². The average molecular weight is 285 g/mol. The first-order valence-corrected chi connectivity index (χ1v) is 6.61. The van der Waals surface area contributed by atoms with Crippen molar-refractivity contribution in [3.05, 3.63) is 53.6 Å². The minimum Gasteiger partial charge on any atom is -0.497 e. The molecule has 0 radical (unpaired) electrons. The number of methoxy groups -OCH3 is 1. The van der Waals surface area contributed by atoms with E-state index in [-0.39, 0.29) is 11.9 Å². The molecule has 1 unspecified atom stereocenters. The van der Waals surface area contributed by atoms with E-state index in [1.165, 1.54) is 0 Å². The number of anilines is 2. The molecule has 0 saturated heterocycles. The van der Waals surface area contributed by atoms with Crippen LogP contribution in [0.3, 0.4) is 0 Å². The van der Waals surface area contributed by atoms with Crippen LogP contribution in [0.4, 0.5) is 11.4 Å². The highest BCUT2D eigenvalue weighted by Crippen LogP contribution is 2.20. The number of benzene rings is 2. The fourth-order valence-corrected chi connectivity index (χ4v) is 2.04. The summed E-state index contributed by atoms with van der Waals surface area (Å²) in [5, 5.41) is 2.91. The van der Waals surface area contributed by atoms with Crippen LogP contribution in [-0.4, -0.2) is 13.0 Å². The van der Waals surface area contributed by atoms with Crippen molar-refractivity contribution in [3.8, 4) is 5.75 Å². The molecule has 1 atom stereocenters. The molecule has 2 rings (SSSR count). The molecule has 0 spiro atoms. The summed E-state index contributed by atoms with van der Waals surface area (Å²) in [6, 6.07) is 12.3. The molecular weight excluding hydrogens is 266 g/mol. The van der Waals surface area contributed by atoms with Gasteiger partial charge in [0.25, 0.3) is 5.91 Å². The lowest BCUT2D eigenvalue weighted by atomic mass is 10.1. The number of nitrogen functional groups attached to an aromatic ring is 2. The Balaban J connectivity index is 2.10. The molecule has 0 aromatic heterocycles. The van der Waals surface area contributed by atoms with E-state index < -0.39 is 0 Å². The van der Waals surface area contributed by atoms with Crippen LogP contribution >= 0.6 is 0 Å². The highest BCUT2D eigenvalue weighted by Gasteiger charge is 2.14. The molecule has 2 aromatic rings. The SMILES string of the molecule is COc1ccc(C(C)NC(=O)c2ccc(N)cc2N)cc1. The van der Waals surface area contributed by atoms with Crippen LogP contribution in [0.25, 0.3) is 0 Å². The Morgan fingerprint density at radius 3 is 2.38 bits per heavy atom. The van der Waals surface area contributed by atoms with Gasteiger partial charge in [-0.05, 0) is 42.8 Å². The third kappa shape index (κ3) is 3.45.